The Morgan fingerprint density at radius 3 is 2.45 bits per heavy atom. The summed E-state index contributed by atoms with van der Waals surface area (Å²) in [6.45, 7) is 8.50. The van der Waals surface area contributed by atoms with Crippen molar-refractivity contribution in [1.29, 1.82) is 0 Å². The molecule has 1 heterocycles. The lowest BCUT2D eigenvalue weighted by molar-refractivity contribution is -0.146. The van der Waals surface area contributed by atoms with Crippen molar-refractivity contribution in [1.82, 2.24) is 4.90 Å². The van der Waals surface area contributed by atoms with Crippen LogP contribution in [0.4, 0.5) is 4.79 Å². The van der Waals surface area contributed by atoms with Crippen LogP contribution in [0.1, 0.15) is 47.5 Å². The highest BCUT2D eigenvalue weighted by atomic mass is 16.6. The topological polar surface area (TPSA) is 83.9 Å². The first kappa shape index (κ1) is 18.0. The van der Waals surface area contributed by atoms with Crippen LogP contribution in [-0.2, 0) is 14.3 Å². The zero-order valence-corrected chi connectivity index (χ0v) is 13.7. The predicted octanol–water partition coefficient (Wildman–Crippen LogP) is 2.77. The molecule has 1 unspecified atom stereocenters. The fraction of sp³-hybridized carbons (Fsp3) is 0.625. The third kappa shape index (κ3) is 3.57. The van der Waals surface area contributed by atoms with Gasteiger partial charge in [0.15, 0.2) is 0 Å². The molecule has 1 atom stereocenters. The van der Waals surface area contributed by atoms with Gasteiger partial charge in [-0.25, -0.2) is 9.59 Å². The van der Waals surface area contributed by atoms with Gasteiger partial charge >= 0.3 is 12.1 Å². The lowest BCUT2D eigenvalue weighted by atomic mass is 9.75. The van der Waals surface area contributed by atoms with Gasteiger partial charge in [0.05, 0.1) is 12.1 Å². The van der Waals surface area contributed by atoms with Gasteiger partial charge in [-0.2, -0.15) is 0 Å². The molecule has 0 spiro atoms. The Kier molecular flexibility index (Phi) is 5.20. The number of ether oxygens (including phenoxy) is 1. The van der Waals surface area contributed by atoms with Crippen molar-refractivity contribution in [3.63, 3.8) is 0 Å². The number of aliphatic carboxylic acids is 1. The number of rotatable bonds is 2. The summed E-state index contributed by atoms with van der Waals surface area (Å²) in [7, 11) is 0. The maximum Gasteiger partial charge on any atom is 0.414 e. The summed E-state index contributed by atoms with van der Waals surface area (Å²) in [4.78, 5) is 36.6. The van der Waals surface area contributed by atoms with E-state index in [2.05, 4.69) is 0 Å². The van der Waals surface area contributed by atoms with Gasteiger partial charge in [0, 0.05) is 5.70 Å². The maximum atomic E-state index is 12.3. The Balaban J connectivity index is 3.21. The minimum Gasteiger partial charge on any atom is -0.481 e. The van der Waals surface area contributed by atoms with E-state index < -0.39 is 23.1 Å². The molecule has 1 amide bonds. The number of hydrogen-bond donors (Lipinski definition) is 1. The molecule has 1 N–H and O–H groups in total. The number of nitrogens with zero attached hydrogens (tertiary/aromatic N) is 1. The lowest BCUT2D eigenvalue weighted by Gasteiger charge is -2.29. The van der Waals surface area contributed by atoms with Crippen LogP contribution in [0, 0.1) is 5.41 Å². The van der Waals surface area contributed by atoms with Gasteiger partial charge in [-0.1, -0.05) is 13.0 Å². The van der Waals surface area contributed by atoms with Crippen LogP contribution >= 0.6 is 0 Å². The normalized spacial score (nSPS) is 22.5. The molecular weight excluding hydrogens is 286 g/mol. The highest BCUT2D eigenvalue weighted by Gasteiger charge is 2.44. The molecule has 0 bridgehead atoms. The van der Waals surface area contributed by atoms with E-state index in [-0.39, 0.29) is 25.0 Å². The van der Waals surface area contributed by atoms with Crippen LogP contribution < -0.4 is 0 Å². The molecule has 0 aromatic carbocycles. The Labute approximate surface area is 130 Å². The zero-order chi connectivity index (χ0) is 17.1. The summed E-state index contributed by atoms with van der Waals surface area (Å²) in [5.41, 5.74) is -1.37. The van der Waals surface area contributed by atoms with Crippen molar-refractivity contribution in [3.05, 3.63) is 17.3 Å². The van der Waals surface area contributed by atoms with Crippen LogP contribution in [0.3, 0.4) is 0 Å². The Morgan fingerprint density at radius 1 is 1.45 bits per heavy atom. The Hall–Kier alpha value is -2.07. The maximum absolute atomic E-state index is 12.3. The quantitative estimate of drug-likeness (QED) is 0.793. The minimum atomic E-state index is -1.32. The molecule has 0 radical (unpaired) electrons. The first-order valence-corrected chi connectivity index (χ1v) is 7.22. The molecule has 22 heavy (non-hydrogen) atoms. The van der Waals surface area contributed by atoms with Gasteiger partial charge in [-0.05, 0) is 40.5 Å². The first-order chi connectivity index (χ1) is 10.1. The number of carbonyl (C=O) groups excluding carboxylic acids is 2. The monoisotopic (exact) mass is 309 g/mol. The molecule has 122 valence electrons. The summed E-state index contributed by atoms with van der Waals surface area (Å²) in [5, 5.41) is 9.55. The molecule has 1 aliphatic rings. The third-order valence-electron chi connectivity index (χ3n) is 3.82. The van der Waals surface area contributed by atoms with E-state index in [0.29, 0.717) is 5.70 Å². The third-order valence-corrected chi connectivity index (χ3v) is 3.82. The highest BCUT2D eigenvalue weighted by Crippen LogP contribution is 2.38. The van der Waals surface area contributed by atoms with E-state index in [4.69, 9.17) is 4.74 Å². The van der Waals surface area contributed by atoms with Crippen LogP contribution in [0.2, 0.25) is 0 Å². The number of carboxylic acids is 1. The van der Waals surface area contributed by atoms with Crippen molar-refractivity contribution >= 4 is 18.0 Å². The second kappa shape index (κ2) is 6.36. The summed E-state index contributed by atoms with van der Waals surface area (Å²) < 4.78 is 5.31. The molecule has 6 nitrogen and oxygen atoms in total. The number of carboxylic acid groups (broad SMARTS) is 1. The Bertz CT molecular complexity index is 551. The molecule has 0 aromatic rings. The van der Waals surface area contributed by atoms with Crippen molar-refractivity contribution in [2.75, 3.05) is 6.54 Å². The van der Waals surface area contributed by atoms with E-state index in [1.807, 2.05) is 0 Å². The summed E-state index contributed by atoms with van der Waals surface area (Å²) in [5.74, 6) is 0.658. The largest absolute Gasteiger partial charge is 0.481 e. The number of hydrogen-bond acceptors (Lipinski definition) is 4. The summed E-state index contributed by atoms with van der Waals surface area (Å²) >= 11 is 0. The van der Waals surface area contributed by atoms with E-state index in [0.717, 1.165) is 0 Å². The van der Waals surface area contributed by atoms with Crippen molar-refractivity contribution < 1.29 is 24.2 Å². The molecule has 0 saturated heterocycles. The van der Waals surface area contributed by atoms with E-state index in [1.54, 1.807) is 46.6 Å². The molecule has 1 aliphatic heterocycles. The van der Waals surface area contributed by atoms with Gasteiger partial charge in [0.25, 0.3) is 0 Å². The average molecular weight is 309 g/mol. The van der Waals surface area contributed by atoms with Crippen LogP contribution in [0.5, 0.6) is 0 Å². The Morgan fingerprint density at radius 2 is 2.05 bits per heavy atom. The number of allylic oxidation sites excluding steroid dienone is 2. The van der Waals surface area contributed by atoms with Crippen LogP contribution in [0.25, 0.3) is 0 Å². The van der Waals surface area contributed by atoms with Crippen molar-refractivity contribution in [2.24, 2.45) is 5.41 Å². The van der Waals surface area contributed by atoms with Gasteiger partial charge in [0.1, 0.15) is 17.0 Å². The van der Waals surface area contributed by atoms with Crippen molar-refractivity contribution in [3.8, 4) is 0 Å². The van der Waals surface area contributed by atoms with Gasteiger partial charge in [0.2, 0.25) is 0 Å². The molecule has 0 aromatic heterocycles. The highest BCUT2D eigenvalue weighted by molar-refractivity contribution is 5.84. The first-order valence-electron chi connectivity index (χ1n) is 7.22. The van der Waals surface area contributed by atoms with E-state index in [9.17, 15) is 19.5 Å². The molecular formula is C16H23NO5. The fourth-order valence-electron chi connectivity index (χ4n) is 2.37. The van der Waals surface area contributed by atoms with Gasteiger partial charge < -0.3 is 9.84 Å². The van der Waals surface area contributed by atoms with Crippen LogP contribution in [-0.4, -0.2) is 40.2 Å². The molecule has 6 heteroatoms. The SMILES string of the molecule is CCC1(C(=O)O)CC=C(C)N(C(=O)OC(C)(C)C)CC1=C=O. The second-order valence-corrected chi connectivity index (χ2v) is 6.44. The predicted molar refractivity (Wildman–Crippen MR) is 80.9 cm³/mol. The summed E-state index contributed by atoms with van der Waals surface area (Å²) in [6.07, 6.45) is 1.45. The second-order valence-electron chi connectivity index (χ2n) is 6.44. The van der Waals surface area contributed by atoms with Gasteiger partial charge in [-0.15, -0.1) is 0 Å². The molecule has 0 aliphatic carbocycles. The lowest BCUT2D eigenvalue weighted by Crippen LogP contribution is -2.40. The molecule has 1 rings (SSSR count). The smallest absolute Gasteiger partial charge is 0.414 e. The zero-order valence-electron chi connectivity index (χ0n) is 13.7. The van der Waals surface area contributed by atoms with Gasteiger partial charge in [-0.3, -0.25) is 9.69 Å². The molecule has 0 fully saturated rings. The molecule has 0 saturated carbocycles. The van der Waals surface area contributed by atoms with Crippen LogP contribution in [0.15, 0.2) is 17.3 Å². The minimum absolute atomic E-state index is 0.0569. The average Bonchev–Trinajstić information content (AvgIpc) is 2.54. The summed E-state index contributed by atoms with van der Waals surface area (Å²) in [6, 6.07) is 0. The van der Waals surface area contributed by atoms with Crippen molar-refractivity contribution in [2.45, 2.75) is 53.1 Å². The standard InChI is InChI=1S/C16H23NO5/c1-6-16(13(19)20)8-7-11(2)17(9-12(16)10-18)14(21)22-15(3,4)5/h7H,6,8-9H2,1-5H3,(H,19,20). The number of carbonyl (C=O) groups is 2. The van der Waals surface area contributed by atoms with E-state index in [1.165, 1.54) is 4.90 Å². The fourth-order valence-corrected chi connectivity index (χ4v) is 2.37. The number of amides is 1. The van der Waals surface area contributed by atoms with E-state index >= 15 is 0 Å².